The van der Waals surface area contributed by atoms with Crippen LogP contribution in [0, 0.1) is 6.92 Å². The molecule has 0 aromatic carbocycles. The van der Waals surface area contributed by atoms with E-state index in [-0.39, 0.29) is 24.3 Å². The number of nitrogens with zero attached hydrogens (tertiary/aromatic N) is 2. The van der Waals surface area contributed by atoms with Gasteiger partial charge in [-0.3, -0.25) is 19.5 Å². The second kappa shape index (κ2) is 5.48. The van der Waals surface area contributed by atoms with Crippen LogP contribution in [0.1, 0.15) is 31.5 Å². The molecule has 19 heavy (non-hydrogen) atoms. The van der Waals surface area contributed by atoms with Crippen LogP contribution in [0.3, 0.4) is 0 Å². The van der Waals surface area contributed by atoms with Crippen molar-refractivity contribution in [1.29, 1.82) is 0 Å². The van der Waals surface area contributed by atoms with Crippen molar-refractivity contribution in [3.8, 4) is 0 Å². The third kappa shape index (κ3) is 2.98. The van der Waals surface area contributed by atoms with Gasteiger partial charge in [-0.05, 0) is 32.4 Å². The van der Waals surface area contributed by atoms with Crippen LogP contribution in [0.4, 0.5) is 0 Å². The molecule has 1 unspecified atom stereocenters. The molecule has 1 aliphatic heterocycles. The first-order valence-electron chi connectivity index (χ1n) is 6.50. The summed E-state index contributed by atoms with van der Waals surface area (Å²) in [4.78, 5) is 29.3. The summed E-state index contributed by atoms with van der Waals surface area (Å²) in [6.07, 6.45) is 2.03. The smallest absolute Gasteiger partial charge is 0.247 e. The lowest BCUT2D eigenvalue weighted by Gasteiger charge is -2.19. The lowest BCUT2D eigenvalue weighted by molar-refractivity contribution is -0.140. The highest BCUT2D eigenvalue weighted by molar-refractivity contribution is 6.05. The third-order valence-corrected chi connectivity index (χ3v) is 3.22. The molecule has 1 N–H and O–H groups in total. The van der Waals surface area contributed by atoms with Crippen LogP contribution in [-0.2, 0) is 16.1 Å². The standard InChI is InChI=1S/C14H19N3O2/c1-9(2)17-13(18)6-12(14(17)19)16-8-11-5-4-10(3)15-7-11/h4-5,7,9,12,16H,6,8H2,1-3H3. The summed E-state index contributed by atoms with van der Waals surface area (Å²) in [6.45, 7) is 6.17. The number of amides is 2. The molecule has 0 radical (unpaired) electrons. The molecule has 2 heterocycles. The van der Waals surface area contributed by atoms with E-state index < -0.39 is 6.04 Å². The van der Waals surface area contributed by atoms with Crippen LogP contribution in [0.25, 0.3) is 0 Å². The van der Waals surface area contributed by atoms with Gasteiger partial charge in [-0.25, -0.2) is 0 Å². The zero-order chi connectivity index (χ0) is 14.0. The fraction of sp³-hybridized carbons (Fsp3) is 0.500. The Balaban J connectivity index is 1.96. The third-order valence-electron chi connectivity index (χ3n) is 3.22. The van der Waals surface area contributed by atoms with Gasteiger partial charge in [-0.2, -0.15) is 0 Å². The van der Waals surface area contributed by atoms with Gasteiger partial charge in [0.1, 0.15) is 0 Å². The number of carbonyl (C=O) groups is 2. The Hall–Kier alpha value is -1.75. The molecular formula is C14H19N3O2. The average molecular weight is 261 g/mol. The number of nitrogens with one attached hydrogen (secondary N) is 1. The first kappa shape index (κ1) is 13.7. The normalized spacial score (nSPS) is 19.6. The number of carbonyl (C=O) groups excluding carboxylic acids is 2. The van der Waals surface area contributed by atoms with E-state index in [1.165, 1.54) is 4.90 Å². The van der Waals surface area contributed by atoms with Crippen LogP contribution in [0.15, 0.2) is 18.3 Å². The molecule has 102 valence electrons. The molecule has 5 heteroatoms. The molecule has 1 fully saturated rings. The van der Waals surface area contributed by atoms with Crippen LogP contribution in [-0.4, -0.2) is 33.8 Å². The molecule has 1 aliphatic rings. The van der Waals surface area contributed by atoms with Gasteiger partial charge in [0, 0.05) is 24.5 Å². The van der Waals surface area contributed by atoms with Crippen molar-refractivity contribution >= 4 is 11.8 Å². The second-order valence-electron chi connectivity index (χ2n) is 5.14. The lowest BCUT2D eigenvalue weighted by Crippen LogP contribution is -2.41. The highest BCUT2D eigenvalue weighted by Gasteiger charge is 2.39. The maximum absolute atomic E-state index is 12.1. The van der Waals surface area contributed by atoms with Gasteiger partial charge in [0.05, 0.1) is 12.5 Å². The van der Waals surface area contributed by atoms with Crippen molar-refractivity contribution in [2.75, 3.05) is 0 Å². The maximum atomic E-state index is 12.1. The van der Waals surface area contributed by atoms with E-state index in [9.17, 15) is 9.59 Å². The molecule has 0 aliphatic carbocycles. The Morgan fingerprint density at radius 2 is 2.16 bits per heavy atom. The van der Waals surface area contributed by atoms with Gasteiger partial charge in [0.25, 0.3) is 0 Å². The lowest BCUT2D eigenvalue weighted by atomic mass is 10.2. The molecule has 1 aromatic heterocycles. The van der Waals surface area contributed by atoms with Crippen LogP contribution < -0.4 is 5.32 Å². The Kier molecular flexibility index (Phi) is 3.95. The van der Waals surface area contributed by atoms with E-state index in [1.807, 2.05) is 32.9 Å². The zero-order valence-corrected chi connectivity index (χ0v) is 11.5. The van der Waals surface area contributed by atoms with Crippen molar-refractivity contribution in [3.63, 3.8) is 0 Å². The van der Waals surface area contributed by atoms with E-state index >= 15 is 0 Å². The topological polar surface area (TPSA) is 62.3 Å². The van der Waals surface area contributed by atoms with Gasteiger partial charge in [-0.15, -0.1) is 0 Å². The first-order chi connectivity index (χ1) is 8.99. The molecule has 5 nitrogen and oxygen atoms in total. The number of rotatable bonds is 4. The maximum Gasteiger partial charge on any atom is 0.247 e. The predicted molar refractivity (Wildman–Crippen MR) is 71.2 cm³/mol. The first-order valence-corrected chi connectivity index (χ1v) is 6.50. The molecule has 1 aromatic rings. The SMILES string of the molecule is Cc1ccc(CNC2CC(=O)N(C(C)C)C2=O)cn1. The van der Waals surface area contributed by atoms with Crippen LogP contribution in [0.2, 0.25) is 0 Å². The Morgan fingerprint density at radius 3 is 2.68 bits per heavy atom. The van der Waals surface area contributed by atoms with Gasteiger partial charge in [0.15, 0.2) is 0 Å². The summed E-state index contributed by atoms with van der Waals surface area (Å²) in [5.74, 6) is -0.223. The van der Waals surface area contributed by atoms with Crippen molar-refractivity contribution in [1.82, 2.24) is 15.2 Å². The van der Waals surface area contributed by atoms with Crippen LogP contribution >= 0.6 is 0 Å². The molecule has 2 rings (SSSR count). The summed E-state index contributed by atoms with van der Waals surface area (Å²) in [7, 11) is 0. The van der Waals surface area contributed by atoms with Crippen molar-refractivity contribution in [2.45, 2.75) is 45.8 Å². The van der Waals surface area contributed by atoms with E-state index in [1.54, 1.807) is 6.20 Å². The average Bonchev–Trinajstić information content (AvgIpc) is 2.63. The van der Waals surface area contributed by atoms with Crippen molar-refractivity contribution < 1.29 is 9.59 Å². The van der Waals surface area contributed by atoms with Gasteiger partial charge < -0.3 is 5.32 Å². The number of pyridine rings is 1. The number of hydrogen-bond acceptors (Lipinski definition) is 4. The minimum atomic E-state index is -0.406. The molecule has 0 saturated carbocycles. The number of hydrogen-bond donors (Lipinski definition) is 1. The Morgan fingerprint density at radius 1 is 1.42 bits per heavy atom. The highest BCUT2D eigenvalue weighted by atomic mass is 16.2. The monoisotopic (exact) mass is 261 g/mol. The Bertz CT molecular complexity index is 482. The minimum Gasteiger partial charge on any atom is -0.301 e. The summed E-state index contributed by atoms with van der Waals surface area (Å²) in [6, 6.07) is 3.42. The highest BCUT2D eigenvalue weighted by Crippen LogP contribution is 2.16. The molecule has 1 atom stereocenters. The van der Waals surface area contributed by atoms with Crippen molar-refractivity contribution in [3.05, 3.63) is 29.6 Å². The van der Waals surface area contributed by atoms with Crippen LogP contribution in [0.5, 0.6) is 0 Å². The molecule has 0 bridgehead atoms. The predicted octanol–water partition coefficient (Wildman–Crippen LogP) is 1.02. The largest absolute Gasteiger partial charge is 0.301 e. The zero-order valence-electron chi connectivity index (χ0n) is 11.5. The molecule has 0 spiro atoms. The summed E-state index contributed by atoms with van der Waals surface area (Å²) < 4.78 is 0. The summed E-state index contributed by atoms with van der Waals surface area (Å²) in [5, 5.41) is 3.13. The number of aromatic nitrogens is 1. The fourth-order valence-corrected chi connectivity index (χ4v) is 2.20. The summed E-state index contributed by atoms with van der Waals surface area (Å²) in [5.41, 5.74) is 1.97. The summed E-state index contributed by atoms with van der Waals surface area (Å²) >= 11 is 0. The van der Waals surface area contributed by atoms with Crippen molar-refractivity contribution in [2.24, 2.45) is 0 Å². The van der Waals surface area contributed by atoms with Gasteiger partial charge >= 0.3 is 0 Å². The number of likely N-dealkylation sites (tertiary alicyclic amines) is 1. The fourth-order valence-electron chi connectivity index (χ4n) is 2.20. The Labute approximate surface area is 113 Å². The van der Waals surface area contributed by atoms with Gasteiger partial charge in [-0.1, -0.05) is 6.07 Å². The molecule has 1 saturated heterocycles. The number of imide groups is 1. The van der Waals surface area contributed by atoms with E-state index in [0.29, 0.717) is 6.54 Å². The quantitative estimate of drug-likeness (QED) is 0.822. The van der Waals surface area contributed by atoms with E-state index in [2.05, 4.69) is 10.3 Å². The second-order valence-corrected chi connectivity index (χ2v) is 5.14. The van der Waals surface area contributed by atoms with E-state index in [4.69, 9.17) is 0 Å². The molecule has 2 amide bonds. The number of aryl methyl sites for hydroxylation is 1. The molecular weight excluding hydrogens is 242 g/mol. The van der Waals surface area contributed by atoms with E-state index in [0.717, 1.165) is 11.3 Å². The minimum absolute atomic E-state index is 0.0761. The van der Waals surface area contributed by atoms with Gasteiger partial charge in [0.2, 0.25) is 11.8 Å².